The van der Waals surface area contributed by atoms with Crippen LogP contribution in [0.4, 0.5) is 0 Å². The van der Waals surface area contributed by atoms with Gasteiger partial charge in [0, 0.05) is 17.5 Å². The van der Waals surface area contributed by atoms with E-state index in [9.17, 15) is 14.4 Å². The first-order valence-electron chi connectivity index (χ1n) is 10.7. The van der Waals surface area contributed by atoms with Crippen LogP contribution in [0.5, 0.6) is 0 Å². The molecule has 3 rings (SSSR count). The van der Waals surface area contributed by atoms with Crippen molar-refractivity contribution in [1.82, 2.24) is 9.78 Å². The third kappa shape index (κ3) is 5.26. The zero-order valence-corrected chi connectivity index (χ0v) is 18.3. The lowest BCUT2D eigenvalue weighted by atomic mass is 10.0. The number of fused-ring (bicyclic) bond motifs is 1. The summed E-state index contributed by atoms with van der Waals surface area (Å²) >= 11 is 0. The predicted molar refractivity (Wildman–Crippen MR) is 121 cm³/mol. The summed E-state index contributed by atoms with van der Waals surface area (Å²) in [5.41, 5.74) is 2.25. The van der Waals surface area contributed by atoms with Gasteiger partial charge in [-0.25, -0.2) is 9.48 Å². The molecule has 0 aliphatic heterocycles. The number of rotatable bonds is 9. The van der Waals surface area contributed by atoms with Crippen LogP contribution < -0.4 is 5.56 Å². The molecule has 0 spiro atoms. The first kappa shape index (κ1) is 22.4. The highest BCUT2D eigenvalue weighted by atomic mass is 16.5. The molecule has 0 radical (unpaired) electrons. The Bertz CT molecular complexity index is 1160. The van der Waals surface area contributed by atoms with Crippen LogP contribution in [0.25, 0.3) is 10.8 Å². The maximum Gasteiger partial charge on any atom is 0.359 e. The van der Waals surface area contributed by atoms with Gasteiger partial charge in [-0.2, -0.15) is 5.10 Å². The Labute approximate surface area is 181 Å². The van der Waals surface area contributed by atoms with E-state index < -0.39 is 5.97 Å². The molecule has 0 saturated carbocycles. The summed E-state index contributed by atoms with van der Waals surface area (Å²) in [4.78, 5) is 38.1. The fourth-order valence-electron chi connectivity index (χ4n) is 3.63. The fourth-order valence-corrected chi connectivity index (χ4v) is 3.63. The SMILES string of the molecule is CCCCCCn1nc(C(=O)OCC(=O)c2ccc(C)cc2C)c2ccccc2c1=O. The summed E-state index contributed by atoms with van der Waals surface area (Å²) < 4.78 is 6.64. The van der Waals surface area contributed by atoms with E-state index in [0.717, 1.165) is 36.8 Å². The van der Waals surface area contributed by atoms with E-state index in [0.29, 0.717) is 22.9 Å². The molecule has 0 aliphatic carbocycles. The second-order valence-corrected chi connectivity index (χ2v) is 7.80. The molecule has 0 saturated heterocycles. The van der Waals surface area contributed by atoms with Crippen LogP contribution in [-0.2, 0) is 11.3 Å². The van der Waals surface area contributed by atoms with Crippen LogP contribution >= 0.6 is 0 Å². The normalized spacial score (nSPS) is 10.9. The van der Waals surface area contributed by atoms with Gasteiger partial charge >= 0.3 is 5.97 Å². The molecule has 1 heterocycles. The number of aryl methyl sites for hydroxylation is 3. The summed E-state index contributed by atoms with van der Waals surface area (Å²) in [6.07, 6.45) is 3.96. The van der Waals surface area contributed by atoms with E-state index in [2.05, 4.69) is 12.0 Å². The van der Waals surface area contributed by atoms with Gasteiger partial charge in [-0.05, 0) is 31.9 Å². The lowest BCUT2D eigenvalue weighted by Crippen LogP contribution is -2.27. The molecule has 31 heavy (non-hydrogen) atoms. The van der Waals surface area contributed by atoms with Gasteiger partial charge in [-0.1, -0.05) is 68.1 Å². The topological polar surface area (TPSA) is 78.3 Å². The van der Waals surface area contributed by atoms with Crippen LogP contribution in [0.3, 0.4) is 0 Å². The smallest absolute Gasteiger partial charge is 0.359 e. The highest BCUT2D eigenvalue weighted by Crippen LogP contribution is 2.16. The monoisotopic (exact) mass is 420 g/mol. The van der Waals surface area contributed by atoms with E-state index in [-0.39, 0.29) is 23.6 Å². The molecule has 1 aromatic heterocycles. The molecule has 3 aromatic rings. The summed E-state index contributed by atoms with van der Waals surface area (Å²) in [6, 6.07) is 12.4. The number of carbonyl (C=O) groups is 2. The largest absolute Gasteiger partial charge is 0.452 e. The minimum absolute atomic E-state index is 0.0547. The van der Waals surface area contributed by atoms with Gasteiger partial charge < -0.3 is 4.74 Å². The zero-order chi connectivity index (χ0) is 22.4. The highest BCUT2D eigenvalue weighted by molar-refractivity contribution is 6.04. The Morgan fingerprint density at radius 3 is 2.45 bits per heavy atom. The number of benzene rings is 2. The number of hydrogen-bond acceptors (Lipinski definition) is 5. The molecule has 162 valence electrons. The molecule has 2 aromatic carbocycles. The summed E-state index contributed by atoms with van der Waals surface area (Å²) in [6.45, 7) is 5.98. The third-order valence-corrected chi connectivity index (χ3v) is 5.30. The van der Waals surface area contributed by atoms with Crippen LogP contribution in [0.15, 0.2) is 47.3 Å². The van der Waals surface area contributed by atoms with E-state index >= 15 is 0 Å². The molecule has 0 unspecified atom stereocenters. The summed E-state index contributed by atoms with van der Waals surface area (Å²) in [5.74, 6) is -0.986. The van der Waals surface area contributed by atoms with E-state index in [4.69, 9.17) is 4.74 Å². The standard InChI is InChI=1S/C25H28N2O4/c1-4-5-6-9-14-27-24(29)21-11-8-7-10-20(21)23(26-27)25(30)31-16-22(28)19-13-12-17(2)15-18(19)3/h7-8,10-13,15H,4-6,9,14,16H2,1-3H3. The second-order valence-electron chi connectivity index (χ2n) is 7.80. The molecule has 0 atom stereocenters. The molecule has 0 amide bonds. The lowest BCUT2D eigenvalue weighted by Gasteiger charge is -2.11. The first-order valence-corrected chi connectivity index (χ1v) is 10.7. The number of unbranched alkanes of at least 4 members (excludes halogenated alkanes) is 3. The predicted octanol–water partition coefficient (Wildman–Crippen LogP) is 4.63. The number of carbonyl (C=O) groups excluding carboxylic acids is 2. The van der Waals surface area contributed by atoms with Crippen molar-refractivity contribution in [3.8, 4) is 0 Å². The molecule has 6 nitrogen and oxygen atoms in total. The Hall–Kier alpha value is -3.28. The fraction of sp³-hybridized carbons (Fsp3) is 0.360. The lowest BCUT2D eigenvalue weighted by molar-refractivity contribution is 0.0468. The number of esters is 1. The van der Waals surface area contributed by atoms with Crippen LogP contribution in [0.1, 0.15) is 64.6 Å². The van der Waals surface area contributed by atoms with Gasteiger partial charge in [0.25, 0.3) is 5.56 Å². The van der Waals surface area contributed by atoms with Gasteiger partial charge in [-0.3, -0.25) is 9.59 Å². The molecule has 6 heteroatoms. The Morgan fingerprint density at radius 1 is 1.00 bits per heavy atom. The number of ether oxygens (including phenoxy) is 1. The minimum Gasteiger partial charge on any atom is -0.452 e. The third-order valence-electron chi connectivity index (χ3n) is 5.30. The summed E-state index contributed by atoms with van der Waals surface area (Å²) in [7, 11) is 0. The maximum absolute atomic E-state index is 12.8. The Balaban J connectivity index is 1.83. The molecular formula is C25H28N2O4. The Kier molecular flexibility index (Phi) is 7.34. The van der Waals surface area contributed by atoms with Crippen molar-refractivity contribution in [1.29, 1.82) is 0 Å². The second kappa shape index (κ2) is 10.2. The highest BCUT2D eigenvalue weighted by Gasteiger charge is 2.20. The number of aromatic nitrogens is 2. The van der Waals surface area contributed by atoms with Gasteiger partial charge in [0.2, 0.25) is 5.78 Å². The molecule has 0 N–H and O–H groups in total. The van der Waals surface area contributed by atoms with Crippen LogP contribution in [0, 0.1) is 13.8 Å². The number of hydrogen-bond donors (Lipinski definition) is 0. The van der Waals surface area contributed by atoms with Crippen molar-refractivity contribution < 1.29 is 14.3 Å². The van der Waals surface area contributed by atoms with E-state index in [1.54, 1.807) is 30.3 Å². The maximum atomic E-state index is 12.8. The number of Topliss-reactive ketones (excluding diaryl/α,β-unsaturated/α-hetero) is 1. The molecule has 0 aliphatic rings. The van der Waals surface area contributed by atoms with Crippen molar-refractivity contribution in [3.63, 3.8) is 0 Å². The molecule has 0 fully saturated rings. The quantitative estimate of drug-likeness (QED) is 0.286. The van der Waals surface area contributed by atoms with Crippen LogP contribution in [0.2, 0.25) is 0 Å². The molecular weight excluding hydrogens is 392 g/mol. The van der Waals surface area contributed by atoms with E-state index in [1.807, 2.05) is 26.0 Å². The van der Waals surface area contributed by atoms with Crippen molar-refractivity contribution in [2.24, 2.45) is 0 Å². The van der Waals surface area contributed by atoms with Gasteiger partial charge in [0.05, 0.1) is 5.39 Å². The first-order chi connectivity index (χ1) is 14.9. The van der Waals surface area contributed by atoms with Crippen molar-refractivity contribution in [2.45, 2.75) is 53.0 Å². The van der Waals surface area contributed by atoms with E-state index in [1.165, 1.54) is 4.68 Å². The number of ketones is 1. The average Bonchev–Trinajstić information content (AvgIpc) is 2.76. The Morgan fingerprint density at radius 2 is 1.74 bits per heavy atom. The van der Waals surface area contributed by atoms with Crippen LogP contribution in [-0.4, -0.2) is 28.1 Å². The number of nitrogens with zero attached hydrogens (tertiary/aromatic N) is 2. The van der Waals surface area contributed by atoms with Gasteiger partial charge in [-0.15, -0.1) is 0 Å². The zero-order valence-electron chi connectivity index (χ0n) is 18.3. The average molecular weight is 421 g/mol. The van der Waals surface area contributed by atoms with Crippen molar-refractivity contribution in [2.75, 3.05) is 6.61 Å². The molecule has 0 bridgehead atoms. The van der Waals surface area contributed by atoms with Gasteiger partial charge in [0.1, 0.15) is 0 Å². The van der Waals surface area contributed by atoms with Crippen molar-refractivity contribution in [3.05, 3.63) is 75.2 Å². The minimum atomic E-state index is -0.711. The van der Waals surface area contributed by atoms with Crippen molar-refractivity contribution >= 4 is 22.5 Å². The summed E-state index contributed by atoms with van der Waals surface area (Å²) in [5, 5.41) is 5.15. The van der Waals surface area contributed by atoms with Gasteiger partial charge in [0.15, 0.2) is 12.3 Å².